The van der Waals surface area contributed by atoms with Crippen LogP contribution < -0.4 is 4.74 Å². The predicted octanol–water partition coefficient (Wildman–Crippen LogP) is 3.03. The Bertz CT molecular complexity index is 621. The third kappa shape index (κ3) is 3.08. The highest BCUT2D eigenvalue weighted by atomic mass is 19.4. The molecule has 0 atom stereocenters. The van der Waals surface area contributed by atoms with Gasteiger partial charge >= 0.3 is 12.3 Å². The number of ether oxygens (including phenoxy) is 2. The van der Waals surface area contributed by atoms with Crippen LogP contribution in [0.2, 0.25) is 0 Å². The fraction of sp³-hybridized carbons (Fsp3) is 0.167. The molecule has 2 aromatic rings. The number of benzene rings is 1. The SMILES string of the molecule is COC(=O)c1conc1-c1cccc(OC(F)(F)F)c1. The number of carbonyl (C=O) groups excluding carboxylic acids is 1. The summed E-state index contributed by atoms with van der Waals surface area (Å²) >= 11 is 0. The molecule has 0 aliphatic rings. The molecular formula is C12H8F3NO4. The zero-order valence-corrected chi connectivity index (χ0v) is 10.1. The molecule has 0 amide bonds. The zero-order chi connectivity index (χ0) is 14.8. The number of nitrogens with zero attached hydrogens (tertiary/aromatic N) is 1. The van der Waals surface area contributed by atoms with Crippen molar-refractivity contribution in [3.05, 3.63) is 36.1 Å². The van der Waals surface area contributed by atoms with Crippen molar-refractivity contribution in [2.45, 2.75) is 6.36 Å². The summed E-state index contributed by atoms with van der Waals surface area (Å²) in [6.45, 7) is 0. The van der Waals surface area contributed by atoms with Crippen LogP contribution in [0.5, 0.6) is 5.75 Å². The second-order valence-corrected chi connectivity index (χ2v) is 3.64. The number of aromatic nitrogens is 1. The lowest BCUT2D eigenvalue weighted by Gasteiger charge is -2.09. The largest absolute Gasteiger partial charge is 0.573 e. The van der Waals surface area contributed by atoms with Gasteiger partial charge in [0.05, 0.1) is 7.11 Å². The standard InChI is InChI=1S/C12H8F3NO4/c1-18-11(17)9-6-19-16-10(9)7-3-2-4-8(5-7)20-12(13,14)15/h2-6H,1H3. The Labute approximate surface area is 110 Å². The van der Waals surface area contributed by atoms with Crippen molar-refractivity contribution in [1.29, 1.82) is 0 Å². The van der Waals surface area contributed by atoms with Crippen molar-refractivity contribution < 1.29 is 32.0 Å². The zero-order valence-electron chi connectivity index (χ0n) is 10.1. The first-order chi connectivity index (χ1) is 9.40. The van der Waals surface area contributed by atoms with E-state index in [1.54, 1.807) is 0 Å². The molecular weight excluding hydrogens is 279 g/mol. The molecule has 0 saturated heterocycles. The second kappa shape index (κ2) is 5.24. The molecule has 1 aromatic heterocycles. The van der Waals surface area contributed by atoms with E-state index >= 15 is 0 Å². The smallest absolute Gasteiger partial charge is 0.465 e. The second-order valence-electron chi connectivity index (χ2n) is 3.64. The van der Waals surface area contributed by atoms with E-state index in [1.807, 2.05) is 0 Å². The molecule has 8 heteroatoms. The summed E-state index contributed by atoms with van der Waals surface area (Å²) in [7, 11) is 1.17. The van der Waals surface area contributed by atoms with Crippen LogP contribution in [0.4, 0.5) is 13.2 Å². The molecule has 20 heavy (non-hydrogen) atoms. The van der Waals surface area contributed by atoms with Gasteiger partial charge in [-0.05, 0) is 12.1 Å². The highest BCUT2D eigenvalue weighted by Crippen LogP contribution is 2.29. The van der Waals surface area contributed by atoms with Gasteiger partial charge in [0, 0.05) is 5.56 Å². The number of alkyl halides is 3. The van der Waals surface area contributed by atoms with Gasteiger partial charge in [-0.15, -0.1) is 13.2 Å². The molecule has 5 nitrogen and oxygen atoms in total. The molecule has 0 spiro atoms. The minimum absolute atomic E-state index is 0.0108. The molecule has 0 unspecified atom stereocenters. The average molecular weight is 287 g/mol. The maximum atomic E-state index is 12.1. The van der Waals surface area contributed by atoms with Crippen molar-refractivity contribution in [2.24, 2.45) is 0 Å². The lowest BCUT2D eigenvalue weighted by atomic mass is 10.1. The fourth-order valence-corrected chi connectivity index (χ4v) is 1.54. The van der Waals surface area contributed by atoms with E-state index in [9.17, 15) is 18.0 Å². The van der Waals surface area contributed by atoms with E-state index in [2.05, 4.69) is 19.2 Å². The first kappa shape index (κ1) is 13.9. The van der Waals surface area contributed by atoms with Gasteiger partial charge in [0.1, 0.15) is 23.3 Å². The maximum Gasteiger partial charge on any atom is 0.573 e. The Kier molecular flexibility index (Phi) is 3.64. The molecule has 0 aliphatic carbocycles. The minimum Gasteiger partial charge on any atom is -0.465 e. The van der Waals surface area contributed by atoms with Crippen molar-refractivity contribution in [2.75, 3.05) is 7.11 Å². The number of methoxy groups -OCH3 is 1. The van der Waals surface area contributed by atoms with Crippen LogP contribution in [0.15, 0.2) is 35.1 Å². The summed E-state index contributed by atoms with van der Waals surface area (Å²) in [5.41, 5.74) is 0.321. The van der Waals surface area contributed by atoms with E-state index in [-0.39, 0.29) is 16.8 Å². The van der Waals surface area contributed by atoms with E-state index in [0.29, 0.717) is 0 Å². The van der Waals surface area contributed by atoms with Gasteiger partial charge in [0.15, 0.2) is 0 Å². The van der Waals surface area contributed by atoms with Crippen LogP contribution in [-0.4, -0.2) is 24.6 Å². The highest BCUT2D eigenvalue weighted by Gasteiger charge is 2.31. The van der Waals surface area contributed by atoms with E-state index < -0.39 is 18.1 Å². The van der Waals surface area contributed by atoms with Gasteiger partial charge < -0.3 is 14.0 Å². The number of hydrogen-bond donors (Lipinski definition) is 0. The molecule has 0 aliphatic heterocycles. The van der Waals surface area contributed by atoms with E-state index in [1.165, 1.54) is 19.2 Å². The molecule has 2 rings (SSSR count). The van der Waals surface area contributed by atoms with Crippen LogP contribution in [0.3, 0.4) is 0 Å². The Morgan fingerprint density at radius 2 is 2.10 bits per heavy atom. The quantitative estimate of drug-likeness (QED) is 0.812. The third-order valence-corrected chi connectivity index (χ3v) is 2.32. The normalized spacial score (nSPS) is 11.2. The summed E-state index contributed by atoms with van der Waals surface area (Å²) in [6.07, 6.45) is -3.74. The average Bonchev–Trinajstić information content (AvgIpc) is 2.85. The Balaban J connectivity index is 2.37. The maximum absolute atomic E-state index is 12.1. The number of hydrogen-bond acceptors (Lipinski definition) is 5. The van der Waals surface area contributed by atoms with Gasteiger partial charge in [0.25, 0.3) is 0 Å². The van der Waals surface area contributed by atoms with Crippen molar-refractivity contribution in [3.8, 4) is 17.0 Å². The number of esters is 1. The topological polar surface area (TPSA) is 61.6 Å². The van der Waals surface area contributed by atoms with E-state index in [0.717, 1.165) is 18.4 Å². The fourth-order valence-electron chi connectivity index (χ4n) is 1.54. The lowest BCUT2D eigenvalue weighted by molar-refractivity contribution is -0.274. The Hall–Kier alpha value is -2.51. The monoisotopic (exact) mass is 287 g/mol. The van der Waals surface area contributed by atoms with Gasteiger partial charge in [0.2, 0.25) is 0 Å². The molecule has 0 bridgehead atoms. The van der Waals surface area contributed by atoms with Crippen molar-refractivity contribution in [1.82, 2.24) is 5.16 Å². The summed E-state index contributed by atoms with van der Waals surface area (Å²) in [5.74, 6) is -1.13. The highest BCUT2D eigenvalue weighted by molar-refractivity contribution is 5.95. The Morgan fingerprint density at radius 3 is 2.75 bits per heavy atom. The molecule has 106 valence electrons. The number of carbonyl (C=O) groups is 1. The molecule has 1 heterocycles. The summed E-state index contributed by atoms with van der Waals surface area (Å²) in [5, 5.41) is 3.58. The molecule has 1 aromatic carbocycles. The molecule has 0 fully saturated rings. The Morgan fingerprint density at radius 1 is 1.35 bits per heavy atom. The van der Waals surface area contributed by atoms with Crippen LogP contribution in [0, 0.1) is 0 Å². The van der Waals surface area contributed by atoms with Gasteiger partial charge in [-0.3, -0.25) is 0 Å². The first-order valence-corrected chi connectivity index (χ1v) is 5.29. The van der Waals surface area contributed by atoms with Crippen LogP contribution in [-0.2, 0) is 4.74 Å². The predicted molar refractivity (Wildman–Crippen MR) is 60.0 cm³/mol. The molecule has 0 radical (unpaired) electrons. The lowest BCUT2D eigenvalue weighted by Crippen LogP contribution is -2.17. The van der Waals surface area contributed by atoms with Crippen molar-refractivity contribution >= 4 is 5.97 Å². The van der Waals surface area contributed by atoms with Gasteiger partial charge in [-0.2, -0.15) is 0 Å². The van der Waals surface area contributed by atoms with E-state index in [4.69, 9.17) is 0 Å². The summed E-state index contributed by atoms with van der Waals surface area (Å²) in [6, 6.07) is 5.03. The van der Waals surface area contributed by atoms with Crippen LogP contribution in [0.25, 0.3) is 11.3 Å². The minimum atomic E-state index is -4.80. The van der Waals surface area contributed by atoms with Crippen LogP contribution >= 0.6 is 0 Å². The number of halogens is 3. The molecule has 0 saturated carbocycles. The van der Waals surface area contributed by atoms with Crippen molar-refractivity contribution in [3.63, 3.8) is 0 Å². The first-order valence-electron chi connectivity index (χ1n) is 5.29. The third-order valence-electron chi connectivity index (χ3n) is 2.32. The number of rotatable bonds is 3. The molecule has 0 N–H and O–H groups in total. The van der Waals surface area contributed by atoms with Gasteiger partial charge in [-0.1, -0.05) is 17.3 Å². The summed E-state index contributed by atoms with van der Waals surface area (Å²) < 4.78 is 49.4. The summed E-state index contributed by atoms with van der Waals surface area (Å²) in [4.78, 5) is 11.4. The van der Waals surface area contributed by atoms with Crippen LogP contribution in [0.1, 0.15) is 10.4 Å². The van der Waals surface area contributed by atoms with Gasteiger partial charge in [-0.25, -0.2) is 4.79 Å².